The van der Waals surface area contributed by atoms with Crippen LogP contribution in [-0.2, 0) is 5.41 Å². The smallest absolute Gasteiger partial charge is 0.164 e. The van der Waals surface area contributed by atoms with E-state index in [0.717, 1.165) is 62.1 Å². The molecule has 296 valence electrons. The molecule has 4 nitrogen and oxygen atoms in total. The summed E-state index contributed by atoms with van der Waals surface area (Å²) < 4.78 is 2.42. The molecule has 0 fully saturated rings. The molecule has 0 N–H and O–H groups in total. The third-order valence-corrected chi connectivity index (χ3v) is 12.7. The summed E-state index contributed by atoms with van der Waals surface area (Å²) in [4.78, 5) is 16.1. The molecule has 10 aromatic rings. The van der Waals surface area contributed by atoms with Crippen molar-refractivity contribution in [1.29, 1.82) is 0 Å². The molecule has 2 aliphatic rings. The van der Waals surface area contributed by atoms with Crippen molar-refractivity contribution in [2.24, 2.45) is 0 Å². The molecule has 0 amide bonds. The minimum absolute atomic E-state index is 0.619. The highest BCUT2D eigenvalue weighted by Gasteiger charge is 2.48. The molecular formula is C59H40N4. The van der Waals surface area contributed by atoms with E-state index in [-0.39, 0.29) is 0 Å². The molecular weight excluding hydrogens is 765 g/mol. The van der Waals surface area contributed by atoms with E-state index in [1.54, 1.807) is 0 Å². The summed E-state index contributed by atoms with van der Waals surface area (Å²) in [7, 11) is 0. The summed E-state index contributed by atoms with van der Waals surface area (Å²) in [5.74, 6) is 1.86. The van der Waals surface area contributed by atoms with Crippen LogP contribution in [0, 0.1) is 0 Å². The van der Waals surface area contributed by atoms with Gasteiger partial charge in [0.2, 0.25) is 0 Å². The van der Waals surface area contributed by atoms with Crippen LogP contribution in [0.25, 0.3) is 83.9 Å². The second-order valence-electron chi connectivity index (χ2n) is 16.3. The van der Waals surface area contributed by atoms with Crippen molar-refractivity contribution in [2.45, 2.75) is 11.8 Å². The molecule has 1 unspecified atom stereocenters. The molecule has 12 rings (SSSR count). The van der Waals surface area contributed by atoms with Gasteiger partial charge in [-0.3, -0.25) is 0 Å². The van der Waals surface area contributed by atoms with E-state index in [4.69, 9.17) is 15.0 Å². The zero-order chi connectivity index (χ0) is 41.7. The van der Waals surface area contributed by atoms with Crippen molar-refractivity contribution in [3.8, 4) is 62.1 Å². The lowest BCUT2D eigenvalue weighted by Crippen LogP contribution is -2.29. The van der Waals surface area contributed by atoms with Crippen LogP contribution in [0.3, 0.4) is 0 Å². The second-order valence-corrected chi connectivity index (χ2v) is 16.3. The number of aromatic nitrogens is 4. The average molecular weight is 805 g/mol. The first-order valence-electron chi connectivity index (χ1n) is 21.6. The Kier molecular flexibility index (Phi) is 8.75. The van der Waals surface area contributed by atoms with E-state index in [1.807, 2.05) is 24.3 Å². The molecule has 2 heterocycles. The summed E-state index contributed by atoms with van der Waals surface area (Å²) in [5, 5.41) is 2.42. The Hall–Kier alpha value is -8.21. The first-order valence-corrected chi connectivity index (χ1v) is 21.6. The molecule has 63 heavy (non-hydrogen) atoms. The molecule has 0 saturated heterocycles. The van der Waals surface area contributed by atoms with Crippen LogP contribution in [0.4, 0.5) is 0 Å². The largest absolute Gasteiger partial charge is 0.309 e. The van der Waals surface area contributed by atoms with Gasteiger partial charge in [0, 0.05) is 33.2 Å². The zero-order valence-corrected chi connectivity index (χ0v) is 34.4. The quantitative estimate of drug-likeness (QED) is 0.161. The third kappa shape index (κ3) is 5.94. The van der Waals surface area contributed by atoms with Gasteiger partial charge in [-0.2, -0.15) is 0 Å². The Labute approximate surface area is 366 Å². The molecule has 0 bridgehead atoms. The van der Waals surface area contributed by atoms with Gasteiger partial charge in [0.1, 0.15) is 0 Å². The highest BCUT2D eigenvalue weighted by atomic mass is 15.0. The zero-order valence-electron chi connectivity index (χ0n) is 34.4. The summed E-state index contributed by atoms with van der Waals surface area (Å²) in [5.41, 5.74) is 14.9. The Bertz CT molecular complexity index is 3400. The van der Waals surface area contributed by atoms with Gasteiger partial charge in [-0.15, -0.1) is 0 Å². The molecule has 8 aromatic carbocycles. The number of para-hydroxylation sites is 2. The van der Waals surface area contributed by atoms with E-state index in [0.29, 0.717) is 17.5 Å². The van der Waals surface area contributed by atoms with Gasteiger partial charge in [0.25, 0.3) is 0 Å². The predicted octanol–water partition coefficient (Wildman–Crippen LogP) is 14.4. The van der Waals surface area contributed by atoms with Crippen molar-refractivity contribution in [1.82, 2.24) is 19.5 Å². The normalized spacial score (nSPS) is 15.3. The van der Waals surface area contributed by atoms with Crippen LogP contribution in [-0.4, -0.2) is 19.5 Å². The van der Waals surface area contributed by atoms with Gasteiger partial charge < -0.3 is 4.57 Å². The van der Waals surface area contributed by atoms with E-state index in [9.17, 15) is 0 Å². The second kappa shape index (κ2) is 15.1. The van der Waals surface area contributed by atoms with Crippen LogP contribution >= 0.6 is 0 Å². The molecule has 0 radical (unpaired) electrons. The lowest BCUT2D eigenvalue weighted by Gasteiger charge is -2.35. The van der Waals surface area contributed by atoms with Crippen molar-refractivity contribution < 1.29 is 0 Å². The number of fused-ring (bicyclic) bond motifs is 6. The van der Waals surface area contributed by atoms with Crippen molar-refractivity contribution in [3.63, 3.8) is 0 Å². The van der Waals surface area contributed by atoms with E-state index >= 15 is 0 Å². The number of hydrogen-bond acceptors (Lipinski definition) is 3. The fourth-order valence-electron chi connectivity index (χ4n) is 9.98. The van der Waals surface area contributed by atoms with Gasteiger partial charge in [0.05, 0.1) is 16.4 Å². The highest BCUT2D eigenvalue weighted by molar-refractivity contribution is 6.09. The Morgan fingerprint density at radius 2 is 0.968 bits per heavy atom. The van der Waals surface area contributed by atoms with Gasteiger partial charge >= 0.3 is 0 Å². The lowest BCUT2D eigenvalue weighted by molar-refractivity contribution is 0.766. The number of rotatable bonds is 7. The molecule has 4 heteroatoms. The Morgan fingerprint density at radius 1 is 0.429 bits per heavy atom. The number of allylic oxidation sites excluding steroid dienone is 6. The Balaban J connectivity index is 1.21. The minimum atomic E-state index is -0.659. The first kappa shape index (κ1) is 36.6. The van der Waals surface area contributed by atoms with E-state index in [2.05, 4.69) is 211 Å². The van der Waals surface area contributed by atoms with Crippen LogP contribution < -0.4 is 0 Å². The maximum absolute atomic E-state index is 5.48. The van der Waals surface area contributed by atoms with Crippen LogP contribution in [0.2, 0.25) is 0 Å². The Morgan fingerprint density at radius 3 is 1.67 bits per heavy atom. The highest BCUT2D eigenvalue weighted by Crippen LogP contribution is 2.59. The van der Waals surface area contributed by atoms with Gasteiger partial charge in [-0.1, -0.05) is 206 Å². The van der Waals surface area contributed by atoms with E-state index < -0.39 is 5.41 Å². The molecule has 0 spiro atoms. The van der Waals surface area contributed by atoms with E-state index in [1.165, 1.54) is 33.0 Å². The lowest BCUT2D eigenvalue weighted by atomic mass is 9.66. The molecule has 2 aliphatic carbocycles. The topological polar surface area (TPSA) is 43.6 Å². The number of nitrogens with zero attached hydrogens (tertiary/aromatic N) is 4. The summed E-state index contributed by atoms with van der Waals surface area (Å²) >= 11 is 0. The fourth-order valence-corrected chi connectivity index (χ4v) is 9.98. The fraction of sp³-hybridized carbons (Fsp3) is 0.0339. The third-order valence-electron chi connectivity index (χ3n) is 12.7. The summed E-state index contributed by atoms with van der Waals surface area (Å²) in [6.07, 6.45) is 12.2. The predicted molar refractivity (Wildman–Crippen MR) is 259 cm³/mol. The number of benzene rings is 8. The van der Waals surface area contributed by atoms with Crippen LogP contribution in [0.5, 0.6) is 0 Å². The first-order chi connectivity index (χ1) is 31.3. The minimum Gasteiger partial charge on any atom is -0.309 e. The standard InChI is InChI=1S/C59H40N4/c1-2-11-25-44(24-10-1)59(45-26-12-5-13-27-45)51-31-17-14-30-49(51)55-50(38-46(39-52(55)59)63-53-32-18-15-28-47(53)48-29-16-19-33-54(48)63)58-61-56(42-22-8-4-9-23-42)60-57(62-58)43-36-34-41(35-37-43)40-20-6-3-7-21-40/h1,3-39H,2H2. The number of hydrogen-bond donors (Lipinski definition) is 0. The van der Waals surface area contributed by atoms with Crippen molar-refractivity contribution >= 4 is 21.8 Å². The van der Waals surface area contributed by atoms with Crippen LogP contribution in [0.1, 0.15) is 23.1 Å². The average Bonchev–Trinajstić information content (AvgIpc) is 3.69. The van der Waals surface area contributed by atoms with Crippen molar-refractivity contribution in [3.05, 3.63) is 253 Å². The molecule has 0 saturated carbocycles. The summed E-state index contributed by atoms with van der Waals surface area (Å²) in [6.45, 7) is 0. The van der Waals surface area contributed by atoms with Crippen LogP contribution in [0.15, 0.2) is 236 Å². The van der Waals surface area contributed by atoms with Gasteiger partial charge in [-0.05, 0) is 75.2 Å². The SMILES string of the molecule is C1=CCC=CC(C2(c3ccccc3)c3ccccc3-c3c(-c4nc(-c5ccccc5)nc(-c5ccc(-c6ccccc6)cc5)n4)cc(-n4c5ccccc5c5ccccc54)cc32)=C1. The summed E-state index contributed by atoms with van der Waals surface area (Å²) in [6, 6.07) is 71.5. The maximum Gasteiger partial charge on any atom is 0.164 e. The van der Waals surface area contributed by atoms with Gasteiger partial charge in [0.15, 0.2) is 17.5 Å². The monoisotopic (exact) mass is 804 g/mol. The van der Waals surface area contributed by atoms with Gasteiger partial charge in [-0.25, -0.2) is 15.0 Å². The van der Waals surface area contributed by atoms with Crippen molar-refractivity contribution in [2.75, 3.05) is 0 Å². The molecule has 0 aliphatic heterocycles. The molecule has 1 atom stereocenters. The molecule has 2 aromatic heterocycles. The maximum atomic E-state index is 5.48.